The summed E-state index contributed by atoms with van der Waals surface area (Å²) in [5.41, 5.74) is 1.88. The van der Waals surface area contributed by atoms with E-state index in [9.17, 15) is 9.59 Å². The molecule has 1 amide bonds. The second-order valence-corrected chi connectivity index (χ2v) is 7.69. The third kappa shape index (κ3) is 4.52. The molecule has 0 aliphatic carbocycles. The van der Waals surface area contributed by atoms with Crippen molar-refractivity contribution in [3.05, 3.63) is 59.8 Å². The molecule has 1 aromatic heterocycles. The van der Waals surface area contributed by atoms with Gasteiger partial charge in [-0.1, -0.05) is 35.9 Å². The highest BCUT2D eigenvalue weighted by atomic mass is 16.5. The zero-order valence-electron chi connectivity index (χ0n) is 17.8. The Balaban J connectivity index is 1.57. The van der Waals surface area contributed by atoms with Gasteiger partial charge in [-0.2, -0.15) is 0 Å². The fourth-order valence-corrected chi connectivity index (χ4v) is 4.01. The molecule has 2 aromatic rings. The Labute approximate surface area is 181 Å². The van der Waals surface area contributed by atoms with Gasteiger partial charge in [0.1, 0.15) is 11.9 Å². The Hall–Kier alpha value is -3.42. The molecule has 4 rings (SSSR count). The molecule has 0 spiro atoms. The molecule has 2 aliphatic heterocycles. The van der Waals surface area contributed by atoms with Crippen molar-refractivity contribution >= 4 is 23.7 Å². The lowest BCUT2D eigenvalue weighted by Crippen LogP contribution is -2.57. The number of benzene rings is 1. The first-order valence-electron chi connectivity index (χ1n) is 10.6. The van der Waals surface area contributed by atoms with Crippen LogP contribution in [0.25, 0.3) is 0 Å². The van der Waals surface area contributed by atoms with E-state index in [4.69, 9.17) is 9.73 Å². The number of rotatable bonds is 4. The molecule has 31 heavy (non-hydrogen) atoms. The Kier molecular flexibility index (Phi) is 6.16. The third-order valence-electron chi connectivity index (χ3n) is 5.57. The van der Waals surface area contributed by atoms with Gasteiger partial charge in [0.15, 0.2) is 5.92 Å². The van der Waals surface area contributed by atoms with Crippen molar-refractivity contribution in [2.75, 3.05) is 37.7 Å². The molecule has 0 bridgehead atoms. The van der Waals surface area contributed by atoms with Gasteiger partial charge in [0.2, 0.25) is 11.9 Å². The maximum absolute atomic E-state index is 13.0. The quantitative estimate of drug-likeness (QED) is 0.600. The summed E-state index contributed by atoms with van der Waals surface area (Å²) in [6, 6.07) is 13.0. The van der Waals surface area contributed by atoms with Gasteiger partial charge in [0.05, 0.1) is 6.61 Å². The lowest BCUT2D eigenvalue weighted by atomic mass is 9.90. The molecule has 2 aliphatic rings. The van der Waals surface area contributed by atoms with E-state index in [0.717, 1.165) is 30.0 Å². The Bertz CT molecular complexity index is 970. The highest BCUT2D eigenvalue weighted by molar-refractivity contribution is 6.08. The van der Waals surface area contributed by atoms with Gasteiger partial charge in [-0.05, 0) is 31.5 Å². The van der Waals surface area contributed by atoms with Crippen molar-refractivity contribution in [3.63, 3.8) is 0 Å². The highest BCUT2D eigenvalue weighted by Gasteiger charge is 2.42. The second-order valence-electron chi connectivity index (χ2n) is 7.69. The summed E-state index contributed by atoms with van der Waals surface area (Å²) < 4.78 is 5.18. The summed E-state index contributed by atoms with van der Waals surface area (Å²) >= 11 is 0. The first-order valence-corrected chi connectivity index (χ1v) is 10.6. The summed E-state index contributed by atoms with van der Waals surface area (Å²) in [4.78, 5) is 39.1. The van der Waals surface area contributed by atoms with Crippen LogP contribution in [-0.4, -0.2) is 60.5 Å². The smallest absolute Gasteiger partial charge is 0.321 e. The number of ether oxygens (including phenoxy) is 1. The van der Waals surface area contributed by atoms with Crippen LogP contribution in [0.4, 0.5) is 5.82 Å². The lowest BCUT2D eigenvalue weighted by Gasteiger charge is -2.39. The van der Waals surface area contributed by atoms with Crippen molar-refractivity contribution < 1.29 is 14.3 Å². The minimum atomic E-state index is -1.000. The summed E-state index contributed by atoms with van der Waals surface area (Å²) in [7, 11) is 0. The standard InChI is InChI=1S/C23H27N5O3/c1-3-31-22(30)19-20(17-8-6-7-16(2)15-17)25-23(26-21(19)29)28-13-11-27(12-14-28)18-9-4-5-10-24-18/h4-10,15,19-20H,3,11-14H2,1-2H3,(H,25,26,29)/t19-,20-/m0/s1. The molecule has 3 heterocycles. The number of esters is 1. The average molecular weight is 422 g/mol. The van der Waals surface area contributed by atoms with Crippen LogP contribution in [0.3, 0.4) is 0 Å². The van der Waals surface area contributed by atoms with E-state index in [2.05, 4.69) is 20.1 Å². The van der Waals surface area contributed by atoms with Crippen molar-refractivity contribution in [1.29, 1.82) is 0 Å². The number of anilines is 1. The Morgan fingerprint density at radius 2 is 1.90 bits per heavy atom. The van der Waals surface area contributed by atoms with Crippen LogP contribution >= 0.6 is 0 Å². The second kappa shape index (κ2) is 9.16. The van der Waals surface area contributed by atoms with Crippen LogP contribution in [0.2, 0.25) is 0 Å². The van der Waals surface area contributed by atoms with Crippen LogP contribution in [0.15, 0.2) is 53.7 Å². The van der Waals surface area contributed by atoms with Crippen molar-refractivity contribution in [2.45, 2.75) is 19.9 Å². The van der Waals surface area contributed by atoms with Gasteiger partial charge in [-0.15, -0.1) is 0 Å². The van der Waals surface area contributed by atoms with Crippen LogP contribution in [0, 0.1) is 12.8 Å². The highest BCUT2D eigenvalue weighted by Crippen LogP contribution is 2.31. The van der Waals surface area contributed by atoms with E-state index in [0.29, 0.717) is 19.0 Å². The first kappa shape index (κ1) is 20.8. The lowest BCUT2D eigenvalue weighted by molar-refractivity contribution is -0.153. The number of amides is 1. The molecule has 8 nitrogen and oxygen atoms in total. The van der Waals surface area contributed by atoms with E-state index in [1.165, 1.54) is 0 Å². The summed E-state index contributed by atoms with van der Waals surface area (Å²) in [6.45, 7) is 6.85. The van der Waals surface area contributed by atoms with E-state index >= 15 is 0 Å². The number of pyridine rings is 1. The number of piperazine rings is 1. The number of aromatic nitrogens is 1. The minimum absolute atomic E-state index is 0.217. The van der Waals surface area contributed by atoms with Crippen molar-refractivity contribution in [3.8, 4) is 0 Å². The fourth-order valence-electron chi connectivity index (χ4n) is 4.01. The van der Waals surface area contributed by atoms with E-state index in [1.54, 1.807) is 13.1 Å². The molecule has 0 radical (unpaired) electrons. The molecule has 2 atom stereocenters. The largest absolute Gasteiger partial charge is 0.465 e. The number of hydrogen-bond donors (Lipinski definition) is 1. The molecule has 1 fully saturated rings. The van der Waals surface area contributed by atoms with Gasteiger partial charge < -0.3 is 14.5 Å². The average Bonchev–Trinajstić information content (AvgIpc) is 2.79. The Morgan fingerprint density at radius 1 is 1.13 bits per heavy atom. The van der Waals surface area contributed by atoms with Gasteiger partial charge in [0, 0.05) is 32.4 Å². The zero-order valence-corrected chi connectivity index (χ0v) is 17.8. The van der Waals surface area contributed by atoms with Gasteiger partial charge in [0.25, 0.3) is 0 Å². The normalized spacial score (nSPS) is 21.4. The van der Waals surface area contributed by atoms with Crippen LogP contribution in [0.1, 0.15) is 24.1 Å². The molecule has 1 N–H and O–H groups in total. The number of aryl methyl sites for hydroxylation is 1. The summed E-state index contributed by atoms with van der Waals surface area (Å²) in [5, 5.41) is 2.85. The predicted molar refractivity (Wildman–Crippen MR) is 118 cm³/mol. The minimum Gasteiger partial charge on any atom is -0.465 e. The molecule has 0 unspecified atom stereocenters. The molecular formula is C23H27N5O3. The van der Waals surface area contributed by atoms with Gasteiger partial charge >= 0.3 is 5.97 Å². The molecule has 1 saturated heterocycles. The van der Waals surface area contributed by atoms with E-state index < -0.39 is 17.9 Å². The number of carbonyl (C=O) groups excluding carboxylic acids is 2. The third-order valence-corrected chi connectivity index (χ3v) is 5.57. The monoisotopic (exact) mass is 421 g/mol. The number of carbonyl (C=O) groups is 2. The number of aliphatic imine (C=N–C) groups is 1. The van der Waals surface area contributed by atoms with Crippen molar-refractivity contribution in [1.82, 2.24) is 15.2 Å². The first-order chi connectivity index (χ1) is 15.1. The van der Waals surface area contributed by atoms with E-state index in [-0.39, 0.29) is 12.5 Å². The van der Waals surface area contributed by atoms with Crippen LogP contribution in [-0.2, 0) is 14.3 Å². The maximum Gasteiger partial charge on any atom is 0.321 e. The SMILES string of the molecule is CCOC(=O)[C@@H]1C(=O)NC(N2CCN(c3ccccn3)CC2)=N[C@H]1c1cccc(C)c1. The fraction of sp³-hybridized carbons (Fsp3) is 0.391. The topological polar surface area (TPSA) is 87.1 Å². The number of nitrogens with zero attached hydrogens (tertiary/aromatic N) is 4. The summed E-state index contributed by atoms with van der Waals surface area (Å²) in [6.07, 6.45) is 1.79. The van der Waals surface area contributed by atoms with Crippen LogP contribution in [0.5, 0.6) is 0 Å². The van der Waals surface area contributed by atoms with Crippen molar-refractivity contribution in [2.24, 2.45) is 10.9 Å². The molecular weight excluding hydrogens is 394 g/mol. The predicted octanol–water partition coefficient (Wildman–Crippen LogP) is 1.92. The number of hydrogen-bond acceptors (Lipinski definition) is 7. The van der Waals surface area contributed by atoms with E-state index in [1.807, 2.05) is 49.4 Å². The molecule has 8 heteroatoms. The van der Waals surface area contributed by atoms with Crippen LogP contribution < -0.4 is 10.2 Å². The molecule has 0 saturated carbocycles. The Morgan fingerprint density at radius 3 is 2.58 bits per heavy atom. The number of guanidine groups is 1. The summed E-state index contributed by atoms with van der Waals surface area (Å²) in [5.74, 6) is -0.466. The van der Waals surface area contributed by atoms with Gasteiger partial charge in [-0.25, -0.2) is 9.98 Å². The number of nitrogens with one attached hydrogen (secondary N) is 1. The maximum atomic E-state index is 13.0. The molecule has 162 valence electrons. The van der Waals surface area contributed by atoms with Gasteiger partial charge in [-0.3, -0.25) is 14.9 Å². The molecule has 1 aromatic carbocycles. The zero-order chi connectivity index (χ0) is 21.8.